The van der Waals surface area contributed by atoms with Gasteiger partial charge in [-0.3, -0.25) is 4.90 Å². The van der Waals surface area contributed by atoms with Crippen molar-refractivity contribution >= 4 is 50.0 Å². The van der Waals surface area contributed by atoms with E-state index in [0.717, 1.165) is 21.2 Å². The Morgan fingerprint density at radius 2 is 1.76 bits per heavy atom. The van der Waals surface area contributed by atoms with E-state index in [4.69, 9.17) is 5.73 Å². The first-order chi connectivity index (χ1) is 7.66. The van der Waals surface area contributed by atoms with Crippen LogP contribution in [0.1, 0.15) is 24.8 Å². The average molecular weight is 385 g/mol. The number of hydrogen-bond donors (Lipinski definition) is 1. The average Bonchev–Trinajstić information content (AvgIpc) is 2.27. The summed E-state index contributed by atoms with van der Waals surface area (Å²) >= 11 is 7.00. The maximum Gasteiger partial charge on any atom is 0.0504 e. The van der Waals surface area contributed by atoms with Gasteiger partial charge in [0, 0.05) is 15.5 Å². The van der Waals surface area contributed by atoms with Crippen LogP contribution in [0.25, 0.3) is 0 Å². The number of halogens is 3. The summed E-state index contributed by atoms with van der Waals surface area (Å²) in [7, 11) is 0. The van der Waals surface area contributed by atoms with Gasteiger partial charge in [0.2, 0.25) is 0 Å². The zero-order valence-electron chi connectivity index (χ0n) is 9.59. The van der Waals surface area contributed by atoms with Gasteiger partial charge >= 0.3 is 0 Å². The molecule has 0 spiro atoms. The van der Waals surface area contributed by atoms with Crippen LogP contribution in [0.4, 0.5) is 5.69 Å². The molecule has 1 saturated heterocycles. The maximum absolute atomic E-state index is 6.07. The fourth-order valence-electron chi connectivity index (χ4n) is 2.13. The number of likely N-dealkylation sites (tertiary alicyclic amines) is 1. The van der Waals surface area contributed by atoms with Gasteiger partial charge in [-0.2, -0.15) is 0 Å². The molecule has 1 aromatic rings. The number of nitrogens with two attached hydrogens (primary N) is 1. The summed E-state index contributed by atoms with van der Waals surface area (Å²) in [4.78, 5) is 2.48. The number of nitrogens with zero attached hydrogens (tertiary/aromatic N) is 1. The molecule has 2 nitrogen and oxygen atoms in total. The van der Waals surface area contributed by atoms with Gasteiger partial charge in [-0.1, -0.05) is 22.4 Å². The highest BCUT2D eigenvalue weighted by Crippen LogP contribution is 2.29. The quantitative estimate of drug-likeness (QED) is 0.775. The van der Waals surface area contributed by atoms with E-state index in [-0.39, 0.29) is 12.4 Å². The summed E-state index contributed by atoms with van der Waals surface area (Å²) in [6.07, 6.45) is 4.00. The summed E-state index contributed by atoms with van der Waals surface area (Å²) in [5, 5.41) is 0. The summed E-state index contributed by atoms with van der Waals surface area (Å²) in [6, 6.07) is 4.11. The number of anilines is 1. The van der Waals surface area contributed by atoms with Gasteiger partial charge in [0.25, 0.3) is 0 Å². The topological polar surface area (TPSA) is 29.3 Å². The van der Waals surface area contributed by atoms with E-state index in [9.17, 15) is 0 Å². The standard InChI is InChI=1S/C12H16Br2N2.ClH/c13-10-6-9(12(15)11(14)7-10)8-16-4-2-1-3-5-16;/h6-7H,1-5,8,15H2;1H. The molecule has 1 aromatic carbocycles. The number of hydrogen-bond acceptors (Lipinski definition) is 2. The lowest BCUT2D eigenvalue weighted by molar-refractivity contribution is 0.221. The molecule has 2 N–H and O–H groups in total. The molecule has 0 aromatic heterocycles. The molecule has 2 rings (SSSR count). The van der Waals surface area contributed by atoms with Crippen LogP contribution in [0.15, 0.2) is 21.1 Å². The van der Waals surface area contributed by atoms with Crippen LogP contribution in [0.3, 0.4) is 0 Å². The molecule has 0 amide bonds. The molecule has 0 radical (unpaired) electrons. The third kappa shape index (κ3) is 4.12. The minimum Gasteiger partial charge on any atom is -0.398 e. The highest BCUT2D eigenvalue weighted by atomic mass is 79.9. The molecule has 0 bridgehead atoms. The molecule has 1 heterocycles. The Kier molecular flexibility index (Phi) is 6.27. The largest absolute Gasteiger partial charge is 0.398 e. The van der Waals surface area contributed by atoms with Crippen LogP contribution >= 0.6 is 44.3 Å². The molecular weight excluding hydrogens is 367 g/mol. The van der Waals surface area contributed by atoms with Gasteiger partial charge in [0.15, 0.2) is 0 Å². The van der Waals surface area contributed by atoms with Crippen molar-refractivity contribution in [3.63, 3.8) is 0 Å². The molecule has 1 aliphatic rings. The van der Waals surface area contributed by atoms with Crippen molar-refractivity contribution in [2.75, 3.05) is 18.8 Å². The van der Waals surface area contributed by atoms with Crippen LogP contribution in [-0.2, 0) is 6.54 Å². The van der Waals surface area contributed by atoms with Crippen molar-refractivity contribution in [1.29, 1.82) is 0 Å². The first-order valence-corrected chi connectivity index (χ1v) is 7.21. The van der Waals surface area contributed by atoms with Gasteiger partial charge in [0.05, 0.1) is 5.69 Å². The predicted octanol–water partition coefficient (Wildman–Crippen LogP) is 4.20. The van der Waals surface area contributed by atoms with E-state index >= 15 is 0 Å². The van der Waals surface area contributed by atoms with Crippen molar-refractivity contribution in [2.24, 2.45) is 0 Å². The molecule has 5 heteroatoms. The molecule has 1 aliphatic heterocycles. The zero-order valence-corrected chi connectivity index (χ0v) is 13.6. The zero-order chi connectivity index (χ0) is 11.5. The Labute approximate surface area is 126 Å². The van der Waals surface area contributed by atoms with Gasteiger partial charge in [-0.15, -0.1) is 12.4 Å². The van der Waals surface area contributed by atoms with E-state index in [0.29, 0.717) is 0 Å². The second-order valence-corrected chi connectivity index (χ2v) is 6.07. The third-order valence-corrected chi connectivity index (χ3v) is 4.14. The van der Waals surface area contributed by atoms with Crippen LogP contribution in [0.5, 0.6) is 0 Å². The minimum atomic E-state index is 0. The fourth-order valence-corrected chi connectivity index (χ4v) is 3.44. The number of benzene rings is 1. The Morgan fingerprint density at radius 1 is 1.12 bits per heavy atom. The molecule has 17 heavy (non-hydrogen) atoms. The van der Waals surface area contributed by atoms with Gasteiger partial charge in [-0.05, 0) is 59.6 Å². The smallest absolute Gasteiger partial charge is 0.0504 e. The van der Waals surface area contributed by atoms with E-state index in [1.807, 2.05) is 6.07 Å². The van der Waals surface area contributed by atoms with E-state index in [1.54, 1.807) is 0 Å². The van der Waals surface area contributed by atoms with Crippen LogP contribution < -0.4 is 5.73 Å². The first kappa shape index (κ1) is 15.3. The van der Waals surface area contributed by atoms with Gasteiger partial charge in [-0.25, -0.2) is 0 Å². The second-order valence-electron chi connectivity index (χ2n) is 4.30. The molecule has 0 atom stereocenters. The summed E-state index contributed by atoms with van der Waals surface area (Å²) < 4.78 is 2.06. The van der Waals surface area contributed by atoms with Crippen molar-refractivity contribution < 1.29 is 0 Å². The lowest BCUT2D eigenvalue weighted by Crippen LogP contribution is -2.29. The first-order valence-electron chi connectivity index (χ1n) is 5.62. The van der Waals surface area contributed by atoms with E-state index in [2.05, 4.69) is 42.8 Å². The fraction of sp³-hybridized carbons (Fsp3) is 0.500. The minimum absolute atomic E-state index is 0. The number of rotatable bonds is 2. The summed E-state index contributed by atoms with van der Waals surface area (Å²) in [5.41, 5.74) is 8.15. The highest BCUT2D eigenvalue weighted by Gasteiger charge is 2.13. The third-order valence-electron chi connectivity index (χ3n) is 3.02. The SMILES string of the molecule is Cl.Nc1c(Br)cc(Br)cc1CN1CCCCC1. The van der Waals surface area contributed by atoms with E-state index < -0.39 is 0 Å². The van der Waals surface area contributed by atoms with Crippen LogP contribution in [-0.4, -0.2) is 18.0 Å². The highest BCUT2D eigenvalue weighted by molar-refractivity contribution is 9.11. The molecule has 96 valence electrons. The van der Waals surface area contributed by atoms with Crippen molar-refractivity contribution in [1.82, 2.24) is 4.90 Å². The predicted molar refractivity (Wildman–Crippen MR) is 82.6 cm³/mol. The van der Waals surface area contributed by atoms with Gasteiger partial charge < -0.3 is 5.73 Å². The molecule has 0 saturated carbocycles. The monoisotopic (exact) mass is 382 g/mol. The summed E-state index contributed by atoms with van der Waals surface area (Å²) in [6.45, 7) is 3.36. The van der Waals surface area contributed by atoms with Crippen LogP contribution in [0, 0.1) is 0 Å². The van der Waals surface area contributed by atoms with E-state index in [1.165, 1.54) is 37.9 Å². The lowest BCUT2D eigenvalue weighted by Gasteiger charge is -2.27. The lowest BCUT2D eigenvalue weighted by atomic mass is 10.1. The second kappa shape index (κ2) is 6.98. The molecule has 0 aliphatic carbocycles. The Balaban J connectivity index is 0.00000144. The number of nitrogen functional groups attached to an aromatic ring is 1. The normalized spacial score (nSPS) is 16.6. The van der Waals surface area contributed by atoms with Crippen molar-refractivity contribution in [3.05, 3.63) is 26.6 Å². The van der Waals surface area contributed by atoms with Crippen molar-refractivity contribution in [3.8, 4) is 0 Å². The van der Waals surface area contributed by atoms with Crippen molar-refractivity contribution in [2.45, 2.75) is 25.8 Å². The molecular formula is C12H17Br2ClN2. The Morgan fingerprint density at radius 3 is 2.41 bits per heavy atom. The summed E-state index contributed by atoms with van der Waals surface area (Å²) in [5.74, 6) is 0. The number of piperidine rings is 1. The van der Waals surface area contributed by atoms with Crippen LogP contribution in [0.2, 0.25) is 0 Å². The Hall–Kier alpha value is 0.230. The molecule has 1 fully saturated rings. The maximum atomic E-state index is 6.07. The molecule has 0 unspecified atom stereocenters. The van der Waals surface area contributed by atoms with Gasteiger partial charge in [0.1, 0.15) is 0 Å². The Bertz CT molecular complexity index is 379.